The van der Waals surface area contributed by atoms with E-state index in [0.717, 1.165) is 55.2 Å². The van der Waals surface area contributed by atoms with Gasteiger partial charge >= 0.3 is 6.03 Å². The van der Waals surface area contributed by atoms with E-state index in [1.807, 2.05) is 4.90 Å². The maximum atomic E-state index is 14.3. The molecule has 1 aromatic carbocycles. The summed E-state index contributed by atoms with van der Waals surface area (Å²) in [6, 6.07) is 2.15. The van der Waals surface area contributed by atoms with Gasteiger partial charge in [0.1, 0.15) is 23.7 Å². The quantitative estimate of drug-likeness (QED) is 0.787. The highest BCUT2D eigenvalue weighted by Gasteiger charge is 2.51. The zero-order valence-electron chi connectivity index (χ0n) is 16.4. The molecule has 1 N–H and O–H groups in total. The number of amides is 4. The molecule has 3 fully saturated rings. The van der Waals surface area contributed by atoms with Crippen LogP contribution < -0.4 is 5.32 Å². The van der Waals surface area contributed by atoms with E-state index in [9.17, 15) is 23.2 Å². The number of hydrogen-bond donors (Lipinski definition) is 1. The topological polar surface area (TPSA) is 69.7 Å². The first-order valence-electron chi connectivity index (χ1n) is 10.2. The highest BCUT2D eigenvalue weighted by atomic mass is 19.1. The molecule has 0 aromatic heterocycles. The Morgan fingerprint density at radius 2 is 1.90 bits per heavy atom. The molecule has 1 aliphatic carbocycles. The Hall–Kier alpha value is -2.51. The summed E-state index contributed by atoms with van der Waals surface area (Å²) in [4.78, 5) is 41.1. The van der Waals surface area contributed by atoms with Gasteiger partial charge < -0.3 is 10.2 Å². The summed E-state index contributed by atoms with van der Waals surface area (Å²) in [5.41, 5.74) is -2.00. The molecule has 0 radical (unpaired) electrons. The SMILES string of the molecule is C[C@@]1(c2cc(F)ccc2F)NC(=O)N(CC(=O)N2CCC[C@H]3CCCC[C@@H]32)C1=O. The number of nitrogens with one attached hydrogen (secondary N) is 1. The molecule has 8 heteroatoms. The number of carbonyl (C=O) groups is 3. The van der Waals surface area contributed by atoms with E-state index in [-0.39, 0.29) is 24.1 Å². The second kappa shape index (κ2) is 7.39. The van der Waals surface area contributed by atoms with Crippen LogP contribution in [0.2, 0.25) is 0 Å². The predicted octanol–water partition coefficient (Wildman–Crippen LogP) is 2.91. The summed E-state index contributed by atoms with van der Waals surface area (Å²) in [6.07, 6.45) is 6.32. The molecule has 2 aliphatic heterocycles. The van der Waals surface area contributed by atoms with Gasteiger partial charge in [0.2, 0.25) is 5.91 Å². The first-order valence-corrected chi connectivity index (χ1v) is 10.2. The fraction of sp³-hybridized carbons (Fsp3) is 0.571. The average Bonchev–Trinajstić information content (AvgIpc) is 2.93. The van der Waals surface area contributed by atoms with Crippen molar-refractivity contribution in [3.05, 3.63) is 35.4 Å². The molecule has 2 saturated heterocycles. The summed E-state index contributed by atoms with van der Waals surface area (Å²) >= 11 is 0. The highest BCUT2D eigenvalue weighted by Crippen LogP contribution is 2.36. The zero-order chi connectivity index (χ0) is 20.8. The Morgan fingerprint density at radius 1 is 1.17 bits per heavy atom. The van der Waals surface area contributed by atoms with Crippen LogP contribution in [0.5, 0.6) is 0 Å². The van der Waals surface area contributed by atoms with Gasteiger partial charge in [-0.2, -0.15) is 0 Å². The van der Waals surface area contributed by atoms with Crippen LogP contribution >= 0.6 is 0 Å². The second-order valence-corrected chi connectivity index (χ2v) is 8.41. The number of rotatable bonds is 3. The standard InChI is InChI=1S/C21H25F2N3O3/c1-21(15-11-14(22)8-9-16(15)23)19(28)26(20(29)24-21)12-18(27)25-10-4-6-13-5-2-3-7-17(13)25/h8-9,11,13,17H,2-7,10,12H2,1H3,(H,24,29)/t13-,17+,21+/m1/s1. The van der Waals surface area contributed by atoms with Crippen molar-refractivity contribution in [1.29, 1.82) is 0 Å². The minimum absolute atomic E-state index is 0.165. The number of nitrogens with zero attached hydrogens (tertiary/aromatic N) is 2. The number of likely N-dealkylation sites (tertiary alicyclic amines) is 1. The molecule has 1 saturated carbocycles. The van der Waals surface area contributed by atoms with Gasteiger partial charge in [-0.25, -0.2) is 13.6 Å². The number of carbonyl (C=O) groups excluding carboxylic acids is 3. The minimum atomic E-state index is -1.75. The third-order valence-electron chi connectivity index (χ3n) is 6.60. The Bertz CT molecular complexity index is 860. The molecule has 3 aliphatic rings. The van der Waals surface area contributed by atoms with Crippen LogP contribution in [0.4, 0.5) is 13.6 Å². The largest absolute Gasteiger partial charge is 0.338 e. The number of urea groups is 1. The maximum absolute atomic E-state index is 14.3. The van der Waals surface area contributed by atoms with Gasteiger partial charge in [-0.05, 0) is 56.7 Å². The van der Waals surface area contributed by atoms with Crippen molar-refractivity contribution in [2.45, 2.75) is 57.0 Å². The zero-order valence-corrected chi connectivity index (χ0v) is 16.4. The van der Waals surface area contributed by atoms with Crippen LogP contribution in [-0.4, -0.2) is 46.8 Å². The van der Waals surface area contributed by atoms with Crippen LogP contribution in [0.15, 0.2) is 18.2 Å². The number of halogens is 2. The van der Waals surface area contributed by atoms with Crippen molar-refractivity contribution in [3.8, 4) is 0 Å². The number of hydrogen-bond acceptors (Lipinski definition) is 3. The lowest BCUT2D eigenvalue weighted by atomic mass is 9.78. The molecule has 0 spiro atoms. The minimum Gasteiger partial charge on any atom is -0.338 e. The molecule has 0 bridgehead atoms. The number of imide groups is 1. The van der Waals surface area contributed by atoms with Crippen molar-refractivity contribution in [2.24, 2.45) is 5.92 Å². The molecule has 6 nitrogen and oxygen atoms in total. The Morgan fingerprint density at radius 3 is 2.69 bits per heavy atom. The van der Waals surface area contributed by atoms with Gasteiger partial charge in [0.25, 0.3) is 5.91 Å². The van der Waals surface area contributed by atoms with Gasteiger partial charge in [-0.15, -0.1) is 0 Å². The molecule has 156 valence electrons. The van der Waals surface area contributed by atoms with Crippen LogP contribution in [0.3, 0.4) is 0 Å². The van der Waals surface area contributed by atoms with Gasteiger partial charge in [-0.1, -0.05) is 12.8 Å². The monoisotopic (exact) mass is 405 g/mol. The van der Waals surface area contributed by atoms with Gasteiger partial charge in [0, 0.05) is 18.2 Å². The van der Waals surface area contributed by atoms with Crippen LogP contribution in [0, 0.1) is 17.6 Å². The van der Waals surface area contributed by atoms with Gasteiger partial charge in [0.05, 0.1) is 0 Å². The van der Waals surface area contributed by atoms with Crippen molar-refractivity contribution in [1.82, 2.24) is 15.1 Å². The smallest absolute Gasteiger partial charge is 0.325 e. The molecule has 4 rings (SSSR count). The average molecular weight is 405 g/mol. The third-order valence-corrected chi connectivity index (χ3v) is 6.60. The lowest BCUT2D eigenvalue weighted by Crippen LogP contribution is -2.53. The van der Waals surface area contributed by atoms with Crippen LogP contribution in [0.25, 0.3) is 0 Å². The molecular formula is C21H25F2N3O3. The molecule has 3 atom stereocenters. The van der Waals surface area contributed by atoms with E-state index in [0.29, 0.717) is 12.5 Å². The predicted molar refractivity (Wildman–Crippen MR) is 101 cm³/mol. The summed E-state index contributed by atoms with van der Waals surface area (Å²) in [5, 5.41) is 2.44. The fourth-order valence-corrected chi connectivity index (χ4v) is 5.06. The lowest BCUT2D eigenvalue weighted by Gasteiger charge is -2.44. The Balaban J connectivity index is 1.53. The van der Waals surface area contributed by atoms with Crippen molar-refractivity contribution in [3.63, 3.8) is 0 Å². The van der Waals surface area contributed by atoms with Crippen molar-refractivity contribution >= 4 is 17.8 Å². The number of benzene rings is 1. The Labute approximate surface area is 168 Å². The Kier molecular flexibility index (Phi) is 5.04. The lowest BCUT2D eigenvalue weighted by molar-refractivity contribution is -0.142. The second-order valence-electron chi connectivity index (χ2n) is 8.41. The van der Waals surface area contributed by atoms with E-state index in [1.165, 1.54) is 13.3 Å². The summed E-state index contributed by atoms with van der Waals surface area (Å²) in [6.45, 7) is 1.56. The number of fused-ring (bicyclic) bond motifs is 1. The van der Waals surface area contributed by atoms with Crippen LogP contribution in [0.1, 0.15) is 51.0 Å². The molecule has 1 aromatic rings. The van der Waals surface area contributed by atoms with Gasteiger partial charge in [-0.3, -0.25) is 14.5 Å². The molecule has 29 heavy (non-hydrogen) atoms. The van der Waals surface area contributed by atoms with Crippen molar-refractivity contribution < 1.29 is 23.2 Å². The summed E-state index contributed by atoms with van der Waals surface area (Å²) < 4.78 is 27.9. The molecular weight excluding hydrogens is 380 g/mol. The van der Waals surface area contributed by atoms with Crippen molar-refractivity contribution in [2.75, 3.05) is 13.1 Å². The fourth-order valence-electron chi connectivity index (χ4n) is 5.06. The molecule has 0 unspecified atom stereocenters. The third kappa shape index (κ3) is 3.38. The van der Waals surface area contributed by atoms with Gasteiger partial charge in [0.15, 0.2) is 0 Å². The molecule has 2 heterocycles. The molecule has 4 amide bonds. The number of piperidine rings is 1. The summed E-state index contributed by atoms with van der Waals surface area (Å²) in [5.74, 6) is -2.05. The maximum Gasteiger partial charge on any atom is 0.325 e. The first kappa shape index (κ1) is 19.8. The van der Waals surface area contributed by atoms with E-state index < -0.39 is 29.1 Å². The highest BCUT2D eigenvalue weighted by molar-refractivity contribution is 6.09. The van der Waals surface area contributed by atoms with E-state index in [1.54, 1.807) is 0 Å². The normalized spacial score (nSPS) is 29.6. The van der Waals surface area contributed by atoms with E-state index in [4.69, 9.17) is 0 Å². The van der Waals surface area contributed by atoms with E-state index in [2.05, 4.69) is 5.32 Å². The van der Waals surface area contributed by atoms with E-state index >= 15 is 0 Å². The first-order chi connectivity index (χ1) is 13.8. The summed E-state index contributed by atoms with van der Waals surface area (Å²) in [7, 11) is 0. The van der Waals surface area contributed by atoms with Crippen LogP contribution in [-0.2, 0) is 15.1 Å².